The van der Waals surface area contributed by atoms with Crippen molar-refractivity contribution in [3.63, 3.8) is 0 Å². The van der Waals surface area contributed by atoms with E-state index in [1.807, 2.05) is 67.6 Å². The van der Waals surface area contributed by atoms with Gasteiger partial charge in [0.05, 0.1) is 5.60 Å². The van der Waals surface area contributed by atoms with Crippen molar-refractivity contribution in [3.8, 4) is 0 Å². The third-order valence-corrected chi connectivity index (χ3v) is 3.97. The first-order valence-corrected chi connectivity index (χ1v) is 8.24. The van der Waals surface area contributed by atoms with Crippen molar-refractivity contribution >= 4 is 11.9 Å². The quantitative estimate of drug-likeness (QED) is 0.607. The van der Waals surface area contributed by atoms with E-state index in [2.05, 4.69) is 0 Å². The molecular weight excluding hydrogens is 316 g/mol. The Bertz CT molecular complexity index is 700. The highest BCUT2D eigenvalue weighted by Crippen LogP contribution is 2.24. The summed E-state index contributed by atoms with van der Waals surface area (Å²) >= 11 is 0. The van der Waals surface area contributed by atoms with Crippen LogP contribution in [-0.4, -0.2) is 16.9 Å². The normalized spacial score (nSPS) is 13.2. The second-order valence-electron chi connectivity index (χ2n) is 6.47. The van der Waals surface area contributed by atoms with E-state index in [9.17, 15) is 9.90 Å². The molecule has 25 heavy (non-hydrogen) atoms. The van der Waals surface area contributed by atoms with Crippen molar-refractivity contribution in [3.05, 3.63) is 77.9 Å². The maximum atomic E-state index is 12.1. The molecule has 0 aliphatic heterocycles. The molecule has 0 aliphatic carbocycles. The average Bonchev–Trinajstić information content (AvgIpc) is 2.60. The summed E-state index contributed by atoms with van der Waals surface area (Å²) in [6, 6.07) is 18.7. The van der Waals surface area contributed by atoms with E-state index in [-0.39, 0.29) is 12.5 Å². The molecule has 0 saturated heterocycles. The number of hydrogen-bond acceptors (Lipinski definition) is 4. The van der Waals surface area contributed by atoms with Crippen LogP contribution in [0.25, 0.3) is 5.76 Å². The zero-order valence-corrected chi connectivity index (χ0v) is 14.8. The largest absolute Gasteiger partial charge is 0.514 e. The molecule has 132 valence electrons. The van der Waals surface area contributed by atoms with Gasteiger partial charge in [-0.1, -0.05) is 67.6 Å². The van der Waals surface area contributed by atoms with Crippen LogP contribution in [0.3, 0.4) is 0 Å². The maximum Gasteiger partial charge on any atom is 0.514 e. The molecule has 0 spiro atoms. The third kappa shape index (κ3) is 6.08. The van der Waals surface area contributed by atoms with Gasteiger partial charge < -0.3 is 14.6 Å². The van der Waals surface area contributed by atoms with Gasteiger partial charge in [-0.3, -0.25) is 0 Å². The summed E-state index contributed by atoms with van der Waals surface area (Å²) in [4.78, 5) is 12.1. The van der Waals surface area contributed by atoms with E-state index in [1.165, 1.54) is 0 Å². The van der Waals surface area contributed by atoms with Gasteiger partial charge in [0.2, 0.25) is 0 Å². The lowest BCUT2D eigenvalue weighted by Gasteiger charge is -2.23. The lowest BCUT2D eigenvalue weighted by Crippen LogP contribution is -2.27. The summed E-state index contributed by atoms with van der Waals surface area (Å²) in [5, 5.41) is 10.2. The first-order valence-electron chi connectivity index (χ1n) is 8.24. The van der Waals surface area contributed by atoms with E-state index >= 15 is 0 Å². The second-order valence-corrected chi connectivity index (χ2v) is 6.47. The smallest absolute Gasteiger partial charge is 0.429 e. The minimum absolute atomic E-state index is 0.142. The van der Waals surface area contributed by atoms with Crippen LogP contribution in [0.15, 0.2) is 66.7 Å². The number of carbonyl (C=O) groups is 1. The van der Waals surface area contributed by atoms with Gasteiger partial charge in [-0.15, -0.1) is 0 Å². The van der Waals surface area contributed by atoms with Crippen LogP contribution in [0, 0.1) is 5.92 Å². The fourth-order valence-electron chi connectivity index (χ4n) is 2.06. The Hall–Kier alpha value is -2.59. The zero-order chi connectivity index (χ0) is 18.3. The fourth-order valence-corrected chi connectivity index (χ4v) is 2.06. The van der Waals surface area contributed by atoms with Crippen molar-refractivity contribution < 1.29 is 19.4 Å². The minimum atomic E-state index is -0.933. The molecule has 2 aromatic rings. The SMILES string of the molecule is C[C@@H](/C=C(/OC(=O)OCc1ccccc1)c1ccccc1)C(C)(C)O. The number of ether oxygens (including phenoxy) is 2. The van der Waals surface area contributed by atoms with Gasteiger partial charge in [0.15, 0.2) is 0 Å². The summed E-state index contributed by atoms with van der Waals surface area (Å²) in [5.74, 6) is 0.151. The van der Waals surface area contributed by atoms with Gasteiger partial charge in [-0.05, 0) is 25.5 Å². The first kappa shape index (κ1) is 18.7. The van der Waals surface area contributed by atoms with Gasteiger partial charge >= 0.3 is 6.16 Å². The Morgan fingerprint density at radius 1 is 1.08 bits per heavy atom. The van der Waals surface area contributed by atoms with Crippen LogP contribution in [0.4, 0.5) is 4.79 Å². The van der Waals surface area contributed by atoms with Gasteiger partial charge in [0, 0.05) is 11.5 Å². The molecule has 0 radical (unpaired) electrons. The Kier molecular flexibility index (Phi) is 6.37. The number of aliphatic hydroxyl groups is 1. The molecule has 0 unspecified atom stereocenters. The molecule has 0 aliphatic rings. The Labute approximate surface area is 148 Å². The van der Waals surface area contributed by atoms with Crippen LogP contribution in [0.1, 0.15) is 31.9 Å². The standard InChI is InChI=1S/C21H24O4/c1-16(21(2,3)23)14-19(18-12-8-5-9-13-18)25-20(22)24-15-17-10-6-4-7-11-17/h4-14,16,23H,15H2,1-3H3/b19-14+/t16-/m0/s1. The first-order chi connectivity index (χ1) is 11.9. The molecule has 0 aromatic heterocycles. The van der Waals surface area contributed by atoms with E-state index < -0.39 is 11.8 Å². The molecular formula is C21H24O4. The fraction of sp³-hybridized carbons (Fsp3) is 0.286. The molecule has 0 heterocycles. The third-order valence-electron chi connectivity index (χ3n) is 3.97. The van der Waals surface area contributed by atoms with Gasteiger partial charge in [-0.25, -0.2) is 4.79 Å². The van der Waals surface area contributed by atoms with Crippen molar-refractivity contribution in [1.82, 2.24) is 0 Å². The average molecular weight is 340 g/mol. The zero-order valence-electron chi connectivity index (χ0n) is 14.8. The number of benzene rings is 2. The highest BCUT2D eigenvalue weighted by Gasteiger charge is 2.22. The highest BCUT2D eigenvalue weighted by atomic mass is 16.7. The predicted octanol–water partition coefficient (Wildman–Crippen LogP) is 4.79. The van der Waals surface area contributed by atoms with Crippen LogP contribution >= 0.6 is 0 Å². The molecule has 0 fully saturated rings. The Balaban J connectivity index is 2.10. The van der Waals surface area contributed by atoms with E-state index in [1.54, 1.807) is 19.9 Å². The molecule has 4 nitrogen and oxygen atoms in total. The van der Waals surface area contributed by atoms with Gasteiger partial charge in [-0.2, -0.15) is 0 Å². The van der Waals surface area contributed by atoms with Crippen LogP contribution in [0.2, 0.25) is 0 Å². The number of rotatable bonds is 6. The van der Waals surface area contributed by atoms with Crippen LogP contribution < -0.4 is 0 Å². The number of hydrogen-bond donors (Lipinski definition) is 1. The summed E-state index contributed by atoms with van der Waals surface area (Å²) in [6.45, 7) is 5.43. The van der Waals surface area contributed by atoms with Crippen molar-refractivity contribution in [2.75, 3.05) is 0 Å². The lowest BCUT2D eigenvalue weighted by molar-refractivity contribution is 0.0428. The molecule has 1 N–H and O–H groups in total. The Morgan fingerprint density at radius 3 is 2.20 bits per heavy atom. The molecule has 4 heteroatoms. The highest BCUT2D eigenvalue weighted by molar-refractivity contribution is 5.73. The number of carbonyl (C=O) groups excluding carboxylic acids is 1. The molecule has 0 saturated carbocycles. The van der Waals surface area contributed by atoms with Crippen molar-refractivity contribution in [2.45, 2.75) is 33.0 Å². The van der Waals surface area contributed by atoms with Crippen LogP contribution in [-0.2, 0) is 16.1 Å². The summed E-state index contributed by atoms with van der Waals surface area (Å²) < 4.78 is 10.6. The van der Waals surface area contributed by atoms with Crippen molar-refractivity contribution in [2.24, 2.45) is 5.92 Å². The molecule has 2 aromatic carbocycles. The Morgan fingerprint density at radius 2 is 1.64 bits per heavy atom. The van der Waals surface area contributed by atoms with E-state index in [4.69, 9.17) is 9.47 Å². The molecule has 0 bridgehead atoms. The molecule has 2 rings (SSSR count). The minimum Gasteiger partial charge on any atom is -0.429 e. The molecule has 0 amide bonds. The predicted molar refractivity (Wildman–Crippen MR) is 97.6 cm³/mol. The van der Waals surface area contributed by atoms with E-state index in [0.717, 1.165) is 11.1 Å². The molecule has 1 atom stereocenters. The second kappa shape index (κ2) is 8.49. The van der Waals surface area contributed by atoms with Gasteiger partial charge in [0.25, 0.3) is 0 Å². The lowest BCUT2D eigenvalue weighted by atomic mass is 9.91. The summed E-state index contributed by atoms with van der Waals surface area (Å²) in [5.41, 5.74) is 0.696. The van der Waals surface area contributed by atoms with Gasteiger partial charge in [0.1, 0.15) is 12.4 Å². The maximum absolute atomic E-state index is 12.1. The topological polar surface area (TPSA) is 55.8 Å². The summed E-state index contributed by atoms with van der Waals surface area (Å²) in [6.07, 6.45) is 0.959. The summed E-state index contributed by atoms with van der Waals surface area (Å²) in [7, 11) is 0. The monoisotopic (exact) mass is 340 g/mol. The van der Waals surface area contributed by atoms with E-state index in [0.29, 0.717) is 5.76 Å². The van der Waals surface area contributed by atoms with Crippen LogP contribution in [0.5, 0.6) is 0 Å². The van der Waals surface area contributed by atoms with Crippen molar-refractivity contribution in [1.29, 1.82) is 0 Å².